The maximum Gasteiger partial charge on any atom is 0.243 e. The average Bonchev–Trinajstić information content (AvgIpc) is 2.64. The molecule has 0 fully saturated rings. The third kappa shape index (κ3) is 5.75. The van der Waals surface area contributed by atoms with Crippen molar-refractivity contribution in [1.29, 1.82) is 0 Å². The van der Waals surface area contributed by atoms with E-state index in [9.17, 15) is 9.59 Å². The zero-order chi connectivity index (χ0) is 18.1. The van der Waals surface area contributed by atoms with Gasteiger partial charge < -0.3 is 10.2 Å². The van der Waals surface area contributed by atoms with E-state index in [-0.39, 0.29) is 11.8 Å². The molecule has 1 atom stereocenters. The Labute approximate surface area is 149 Å². The number of amides is 2. The van der Waals surface area contributed by atoms with Crippen LogP contribution in [0.15, 0.2) is 60.7 Å². The molecule has 0 radical (unpaired) electrons. The fourth-order valence-electron chi connectivity index (χ4n) is 2.77. The summed E-state index contributed by atoms with van der Waals surface area (Å²) in [6.45, 7) is 4.57. The molecule has 2 rings (SSSR count). The predicted molar refractivity (Wildman–Crippen MR) is 99.9 cm³/mol. The number of hydrogen-bond acceptors (Lipinski definition) is 2. The van der Waals surface area contributed by atoms with Crippen LogP contribution in [0.2, 0.25) is 0 Å². The van der Waals surface area contributed by atoms with Gasteiger partial charge in [-0.15, -0.1) is 0 Å². The van der Waals surface area contributed by atoms with Gasteiger partial charge >= 0.3 is 0 Å². The fraction of sp³-hybridized carbons (Fsp3) is 0.333. The highest BCUT2D eigenvalue weighted by molar-refractivity contribution is 5.87. The number of nitrogens with zero attached hydrogens (tertiary/aromatic N) is 1. The van der Waals surface area contributed by atoms with E-state index >= 15 is 0 Å². The molecule has 0 aliphatic rings. The van der Waals surface area contributed by atoms with Crippen molar-refractivity contribution in [2.24, 2.45) is 0 Å². The van der Waals surface area contributed by atoms with Crippen molar-refractivity contribution in [3.8, 4) is 0 Å². The summed E-state index contributed by atoms with van der Waals surface area (Å²) in [7, 11) is 0. The van der Waals surface area contributed by atoms with E-state index in [2.05, 4.69) is 5.32 Å². The molecule has 0 aliphatic carbocycles. The van der Waals surface area contributed by atoms with E-state index in [4.69, 9.17) is 0 Å². The number of nitrogens with one attached hydrogen (secondary N) is 1. The molecule has 2 aromatic carbocycles. The summed E-state index contributed by atoms with van der Waals surface area (Å²) in [5, 5.41) is 2.94. The lowest BCUT2D eigenvalue weighted by molar-refractivity contribution is -0.139. The Hall–Kier alpha value is -2.62. The molecule has 0 spiro atoms. The zero-order valence-corrected chi connectivity index (χ0v) is 14.9. The van der Waals surface area contributed by atoms with Gasteiger partial charge in [0, 0.05) is 26.4 Å². The molecule has 2 amide bonds. The highest BCUT2D eigenvalue weighted by atomic mass is 16.2. The van der Waals surface area contributed by atoms with Gasteiger partial charge in [-0.05, 0) is 17.5 Å². The zero-order valence-electron chi connectivity index (χ0n) is 14.9. The van der Waals surface area contributed by atoms with Gasteiger partial charge in [0.15, 0.2) is 0 Å². The topological polar surface area (TPSA) is 49.4 Å². The highest BCUT2D eigenvalue weighted by Gasteiger charge is 2.28. The van der Waals surface area contributed by atoms with Crippen LogP contribution in [0.1, 0.15) is 31.4 Å². The largest absolute Gasteiger partial charge is 0.354 e. The van der Waals surface area contributed by atoms with Crippen molar-refractivity contribution < 1.29 is 9.59 Å². The molecule has 4 nitrogen and oxygen atoms in total. The van der Waals surface area contributed by atoms with Crippen LogP contribution in [0.5, 0.6) is 0 Å². The fourth-order valence-corrected chi connectivity index (χ4v) is 2.77. The van der Waals surface area contributed by atoms with Crippen molar-refractivity contribution in [3.63, 3.8) is 0 Å². The molecular formula is C21H26N2O2. The Balaban J connectivity index is 2.25. The summed E-state index contributed by atoms with van der Waals surface area (Å²) in [6.07, 6.45) is 1.37. The second-order valence-electron chi connectivity index (χ2n) is 6.13. The molecule has 132 valence electrons. The van der Waals surface area contributed by atoms with Crippen LogP contribution in [-0.4, -0.2) is 29.3 Å². The molecular weight excluding hydrogens is 312 g/mol. The third-order valence-electron chi connectivity index (χ3n) is 4.10. The lowest BCUT2D eigenvalue weighted by atomic mass is 10.0. The molecule has 25 heavy (non-hydrogen) atoms. The van der Waals surface area contributed by atoms with Crippen LogP contribution >= 0.6 is 0 Å². The number of carbonyl (C=O) groups excluding carboxylic acids is 2. The first-order valence-corrected chi connectivity index (χ1v) is 8.74. The van der Waals surface area contributed by atoms with Gasteiger partial charge in [-0.1, -0.05) is 67.6 Å². The van der Waals surface area contributed by atoms with Gasteiger partial charge in [-0.2, -0.15) is 0 Å². The van der Waals surface area contributed by atoms with Gasteiger partial charge in [0.2, 0.25) is 11.8 Å². The van der Waals surface area contributed by atoms with E-state index in [0.29, 0.717) is 19.5 Å². The van der Waals surface area contributed by atoms with Crippen LogP contribution in [0.25, 0.3) is 0 Å². The van der Waals surface area contributed by atoms with E-state index in [1.807, 2.05) is 67.6 Å². The number of carbonyl (C=O) groups is 2. The van der Waals surface area contributed by atoms with Crippen LogP contribution < -0.4 is 5.32 Å². The van der Waals surface area contributed by atoms with Crippen LogP contribution in [0, 0.1) is 0 Å². The number of hydrogen-bond donors (Lipinski definition) is 1. The maximum absolute atomic E-state index is 12.7. The Kier molecular flexibility index (Phi) is 7.20. The van der Waals surface area contributed by atoms with Crippen molar-refractivity contribution >= 4 is 11.8 Å². The van der Waals surface area contributed by atoms with Gasteiger partial charge in [0.25, 0.3) is 0 Å². The number of benzene rings is 2. The first kappa shape index (κ1) is 18.7. The summed E-state index contributed by atoms with van der Waals surface area (Å²) in [4.78, 5) is 26.7. The first-order chi connectivity index (χ1) is 12.1. The molecule has 0 unspecified atom stereocenters. The summed E-state index contributed by atoms with van der Waals surface area (Å²) < 4.78 is 0. The Bertz CT molecular complexity index is 671. The van der Waals surface area contributed by atoms with Crippen LogP contribution in [-0.2, 0) is 22.6 Å². The highest BCUT2D eigenvalue weighted by Crippen LogP contribution is 2.14. The Morgan fingerprint density at radius 2 is 1.52 bits per heavy atom. The molecule has 0 bridgehead atoms. The lowest BCUT2D eigenvalue weighted by Crippen LogP contribution is -2.50. The van der Waals surface area contributed by atoms with Gasteiger partial charge in [0.1, 0.15) is 6.04 Å². The summed E-state index contributed by atoms with van der Waals surface area (Å²) >= 11 is 0. The smallest absolute Gasteiger partial charge is 0.243 e. The van der Waals surface area contributed by atoms with Gasteiger partial charge in [-0.25, -0.2) is 0 Å². The molecule has 4 heteroatoms. The third-order valence-corrected chi connectivity index (χ3v) is 4.10. The Morgan fingerprint density at radius 3 is 2.04 bits per heavy atom. The average molecular weight is 338 g/mol. The van der Waals surface area contributed by atoms with E-state index in [1.165, 1.54) is 6.92 Å². The molecule has 0 saturated heterocycles. The predicted octanol–water partition coefficient (Wildman–Crippen LogP) is 3.17. The molecule has 0 aromatic heterocycles. The van der Waals surface area contributed by atoms with E-state index in [1.54, 1.807) is 4.90 Å². The summed E-state index contributed by atoms with van der Waals surface area (Å²) in [6, 6.07) is 19.1. The minimum atomic E-state index is -0.522. The second kappa shape index (κ2) is 9.62. The lowest BCUT2D eigenvalue weighted by Gasteiger charge is -2.30. The SMILES string of the molecule is CCCNC(=O)[C@@H](Cc1ccccc1)N(Cc1ccccc1)C(C)=O. The molecule has 2 aromatic rings. The van der Waals surface area contributed by atoms with Crippen molar-refractivity contribution in [2.45, 2.75) is 39.3 Å². The van der Waals surface area contributed by atoms with E-state index < -0.39 is 6.04 Å². The Morgan fingerprint density at radius 1 is 0.960 bits per heavy atom. The van der Waals surface area contributed by atoms with Crippen molar-refractivity contribution in [3.05, 3.63) is 71.8 Å². The molecule has 0 heterocycles. The summed E-state index contributed by atoms with van der Waals surface area (Å²) in [5.41, 5.74) is 2.05. The normalized spacial score (nSPS) is 11.6. The maximum atomic E-state index is 12.7. The van der Waals surface area contributed by atoms with E-state index in [0.717, 1.165) is 17.5 Å². The molecule has 1 N–H and O–H groups in total. The monoisotopic (exact) mass is 338 g/mol. The molecule has 0 aliphatic heterocycles. The minimum Gasteiger partial charge on any atom is -0.354 e. The van der Waals surface area contributed by atoms with Crippen LogP contribution in [0.3, 0.4) is 0 Å². The quantitative estimate of drug-likeness (QED) is 0.804. The van der Waals surface area contributed by atoms with Crippen molar-refractivity contribution in [2.75, 3.05) is 6.54 Å². The summed E-state index contributed by atoms with van der Waals surface area (Å²) in [5.74, 6) is -0.201. The van der Waals surface area contributed by atoms with Gasteiger partial charge in [-0.3, -0.25) is 9.59 Å². The van der Waals surface area contributed by atoms with Crippen molar-refractivity contribution in [1.82, 2.24) is 10.2 Å². The standard InChI is InChI=1S/C21H26N2O2/c1-3-14-22-21(25)20(15-18-10-6-4-7-11-18)23(17(2)24)16-19-12-8-5-9-13-19/h4-13,20H,3,14-16H2,1-2H3,(H,22,25)/t20-/m1/s1. The number of rotatable bonds is 8. The first-order valence-electron chi connectivity index (χ1n) is 8.74. The van der Waals surface area contributed by atoms with Gasteiger partial charge in [0.05, 0.1) is 0 Å². The van der Waals surface area contributed by atoms with Crippen LogP contribution in [0.4, 0.5) is 0 Å². The molecule has 0 saturated carbocycles. The minimum absolute atomic E-state index is 0.100. The second-order valence-corrected chi connectivity index (χ2v) is 6.13.